The molecule has 0 N–H and O–H groups in total. The highest BCUT2D eigenvalue weighted by molar-refractivity contribution is 5.87. The van der Waals surface area contributed by atoms with Crippen molar-refractivity contribution in [3.8, 4) is 11.1 Å². The maximum Gasteiger partial charge on any atom is -0.00701 e. The molecule has 0 nitrogen and oxygen atoms in total. The van der Waals surface area contributed by atoms with Crippen LogP contribution in [0.25, 0.3) is 21.9 Å². The monoisotopic (exact) mass is 257 g/mol. The number of aryl methyl sites for hydroxylation is 1. The summed E-state index contributed by atoms with van der Waals surface area (Å²) >= 11 is 0. The lowest BCUT2D eigenvalue weighted by Gasteiger charge is -2.19. The molecule has 0 fully saturated rings. The van der Waals surface area contributed by atoms with Gasteiger partial charge < -0.3 is 0 Å². The quantitative estimate of drug-likeness (QED) is 0.563. The summed E-state index contributed by atoms with van der Waals surface area (Å²) in [5, 5.41) is 2.62. The Morgan fingerprint density at radius 3 is 2.60 bits per heavy atom. The third kappa shape index (κ3) is 1.92. The highest BCUT2D eigenvalue weighted by Gasteiger charge is 2.14. The molecule has 1 radical (unpaired) electrons. The van der Waals surface area contributed by atoms with Gasteiger partial charge in [-0.25, -0.2) is 0 Å². The zero-order valence-electron chi connectivity index (χ0n) is 11.5. The molecule has 97 valence electrons. The van der Waals surface area contributed by atoms with Crippen LogP contribution in [0.4, 0.5) is 0 Å². The second kappa shape index (κ2) is 4.79. The summed E-state index contributed by atoms with van der Waals surface area (Å²) in [6, 6.07) is 23.1. The van der Waals surface area contributed by atoms with Crippen LogP contribution in [0, 0.1) is 6.07 Å². The van der Waals surface area contributed by atoms with Crippen LogP contribution in [0.2, 0.25) is 0 Å². The van der Waals surface area contributed by atoms with Crippen LogP contribution >= 0.6 is 0 Å². The van der Waals surface area contributed by atoms with Gasteiger partial charge in [0.2, 0.25) is 0 Å². The van der Waals surface area contributed by atoms with Crippen molar-refractivity contribution in [2.24, 2.45) is 0 Å². The molecule has 0 spiro atoms. The summed E-state index contributed by atoms with van der Waals surface area (Å²) in [5.74, 6) is 0. The molecule has 4 rings (SSSR count). The fourth-order valence-electron chi connectivity index (χ4n) is 3.31. The lowest BCUT2D eigenvalue weighted by Crippen LogP contribution is -2.04. The van der Waals surface area contributed by atoms with E-state index < -0.39 is 0 Å². The van der Waals surface area contributed by atoms with E-state index in [1.807, 2.05) is 0 Å². The van der Waals surface area contributed by atoms with Crippen LogP contribution in [0.1, 0.15) is 24.0 Å². The molecular weight excluding hydrogens is 240 g/mol. The molecule has 0 atom stereocenters. The van der Waals surface area contributed by atoms with E-state index in [0.717, 1.165) is 0 Å². The normalized spacial score (nSPS) is 14.2. The molecule has 0 unspecified atom stereocenters. The Bertz CT molecular complexity index is 768. The van der Waals surface area contributed by atoms with E-state index in [9.17, 15) is 0 Å². The van der Waals surface area contributed by atoms with Gasteiger partial charge in [-0.15, -0.1) is 0 Å². The van der Waals surface area contributed by atoms with Crippen molar-refractivity contribution in [2.45, 2.75) is 25.7 Å². The van der Waals surface area contributed by atoms with Crippen LogP contribution in [0.3, 0.4) is 0 Å². The first-order valence-electron chi connectivity index (χ1n) is 7.43. The molecule has 0 heterocycles. The first-order chi connectivity index (χ1) is 9.92. The topological polar surface area (TPSA) is 0 Å². The summed E-state index contributed by atoms with van der Waals surface area (Å²) in [6.07, 6.45) is 5.07. The Morgan fingerprint density at radius 1 is 0.800 bits per heavy atom. The maximum atomic E-state index is 3.48. The lowest BCUT2D eigenvalue weighted by atomic mass is 9.85. The molecule has 1 aliphatic carbocycles. The molecular formula is C20H17. The molecule has 0 saturated carbocycles. The standard InChI is InChI=1S/C20H17/c1-2-8-17-14-18(13-12-15(17)6-1)20-11-5-9-16-7-3-4-10-19(16)20/h1-2,5-6,8-9,12-14H,3-4,7,10H2. The number of fused-ring (bicyclic) bond motifs is 2. The molecule has 0 aromatic heterocycles. The Morgan fingerprint density at radius 2 is 1.65 bits per heavy atom. The second-order valence-electron chi connectivity index (χ2n) is 5.63. The van der Waals surface area contributed by atoms with Gasteiger partial charge in [-0.05, 0) is 70.8 Å². The molecule has 0 amide bonds. The summed E-state index contributed by atoms with van der Waals surface area (Å²) in [6.45, 7) is 0. The summed E-state index contributed by atoms with van der Waals surface area (Å²) < 4.78 is 0. The minimum Gasteiger partial charge on any atom is -0.0616 e. The van der Waals surface area contributed by atoms with Crippen LogP contribution in [0.15, 0.2) is 54.6 Å². The fourth-order valence-corrected chi connectivity index (χ4v) is 3.31. The number of hydrogen-bond acceptors (Lipinski definition) is 0. The summed E-state index contributed by atoms with van der Waals surface area (Å²) in [5.41, 5.74) is 5.67. The van der Waals surface area contributed by atoms with E-state index in [-0.39, 0.29) is 0 Å². The highest BCUT2D eigenvalue weighted by atomic mass is 14.2. The van der Waals surface area contributed by atoms with Gasteiger partial charge in [0.15, 0.2) is 0 Å². The van der Waals surface area contributed by atoms with Crippen molar-refractivity contribution in [1.82, 2.24) is 0 Å². The molecule has 3 aromatic carbocycles. The van der Waals surface area contributed by atoms with Crippen LogP contribution in [0.5, 0.6) is 0 Å². The summed E-state index contributed by atoms with van der Waals surface area (Å²) in [7, 11) is 0. The number of rotatable bonds is 1. The van der Waals surface area contributed by atoms with E-state index in [4.69, 9.17) is 0 Å². The minimum absolute atomic E-state index is 1.20. The predicted octanol–water partition coefficient (Wildman–Crippen LogP) is 5.19. The second-order valence-corrected chi connectivity index (χ2v) is 5.63. The maximum absolute atomic E-state index is 3.48. The average Bonchev–Trinajstić information content (AvgIpc) is 2.54. The number of benzene rings is 3. The van der Waals surface area contributed by atoms with Crippen molar-refractivity contribution < 1.29 is 0 Å². The van der Waals surface area contributed by atoms with E-state index in [1.54, 1.807) is 0 Å². The largest absolute Gasteiger partial charge is 0.0616 e. The molecule has 3 aromatic rings. The molecule has 0 heteroatoms. The molecule has 0 bridgehead atoms. The predicted molar refractivity (Wildman–Crippen MR) is 84.9 cm³/mol. The molecule has 0 aliphatic heterocycles. The molecule has 1 aliphatic rings. The van der Waals surface area contributed by atoms with Crippen LogP contribution < -0.4 is 0 Å². The van der Waals surface area contributed by atoms with Crippen molar-refractivity contribution in [2.75, 3.05) is 0 Å². The minimum atomic E-state index is 1.20. The third-order valence-electron chi connectivity index (χ3n) is 4.36. The third-order valence-corrected chi connectivity index (χ3v) is 4.36. The van der Waals surface area contributed by atoms with Crippen LogP contribution in [-0.4, -0.2) is 0 Å². The Kier molecular flexibility index (Phi) is 2.81. The van der Waals surface area contributed by atoms with Gasteiger partial charge in [0.05, 0.1) is 0 Å². The van der Waals surface area contributed by atoms with E-state index >= 15 is 0 Å². The molecule has 20 heavy (non-hydrogen) atoms. The first-order valence-corrected chi connectivity index (χ1v) is 7.43. The van der Waals surface area contributed by atoms with Crippen molar-refractivity contribution in [1.29, 1.82) is 0 Å². The first kappa shape index (κ1) is 11.7. The Balaban J connectivity index is 1.90. The van der Waals surface area contributed by atoms with Crippen molar-refractivity contribution >= 4 is 10.8 Å². The van der Waals surface area contributed by atoms with Gasteiger partial charge in [0.25, 0.3) is 0 Å². The van der Waals surface area contributed by atoms with Gasteiger partial charge in [-0.2, -0.15) is 0 Å². The van der Waals surface area contributed by atoms with Gasteiger partial charge in [-0.1, -0.05) is 48.5 Å². The Hall–Kier alpha value is -2.08. The van der Waals surface area contributed by atoms with Gasteiger partial charge in [-0.3, -0.25) is 0 Å². The zero-order valence-corrected chi connectivity index (χ0v) is 11.5. The van der Waals surface area contributed by atoms with Crippen LogP contribution in [-0.2, 0) is 12.8 Å². The van der Waals surface area contributed by atoms with E-state index in [0.29, 0.717) is 0 Å². The van der Waals surface area contributed by atoms with Crippen molar-refractivity contribution in [3.63, 3.8) is 0 Å². The number of hydrogen-bond donors (Lipinski definition) is 0. The fraction of sp³-hybridized carbons (Fsp3) is 0.200. The van der Waals surface area contributed by atoms with Gasteiger partial charge in [0.1, 0.15) is 0 Å². The average molecular weight is 257 g/mol. The van der Waals surface area contributed by atoms with E-state index in [2.05, 4.69) is 60.7 Å². The SMILES string of the molecule is [c]1ccc2c(c1-c1ccc3ccccc3c1)CCCC2. The lowest BCUT2D eigenvalue weighted by molar-refractivity contribution is 0.687. The summed E-state index contributed by atoms with van der Waals surface area (Å²) in [4.78, 5) is 0. The zero-order chi connectivity index (χ0) is 13.4. The van der Waals surface area contributed by atoms with Gasteiger partial charge >= 0.3 is 0 Å². The Labute approximate surface area is 120 Å². The smallest absolute Gasteiger partial charge is 0.00701 e. The molecule has 0 saturated heterocycles. The van der Waals surface area contributed by atoms with Gasteiger partial charge in [0, 0.05) is 0 Å². The van der Waals surface area contributed by atoms with Crippen molar-refractivity contribution in [3.05, 3.63) is 71.8 Å². The van der Waals surface area contributed by atoms with E-state index in [1.165, 1.54) is 58.7 Å². The highest BCUT2D eigenvalue weighted by Crippen LogP contribution is 2.32.